The molecule has 3 rings (SSSR count). The minimum absolute atomic E-state index is 0.0271. The third kappa shape index (κ3) is 5.57. The Hall–Kier alpha value is -2.83. The van der Waals surface area contributed by atoms with Crippen LogP contribution in [0.2, 0.25) is 5.02 Å². The van der Waals surface area contributed by atoms with Crippen LogP contribution in [-0.4, -0.2) is 58.9 Å². The first-order valence-electron chi connectivity index (χ1n) is 11.3. The molecule has 0 aromatic heterocycles. The molecule has 2 aromatic carbocycles. The van der Waals surface area contributed by atoms with Crippen molar-refractivity contribution < 1.29 is 19.4 Å². The van der Waals surface area contributed by atoms with Gasteiger partial charge in [-0.15, -0.1) is 0 Å². The van der Waals surface area contributed by atoms with Crippen LogP contribution in [0.1, 0.15) is 44.9 Å². The number of aliphatic hydroxyl groups is 1. The molecule has 0 aliphatic carbocycles. The van der Waals surface area contributed by atoms with Gasteiger partial charge in [0, 0.05) is 23.7 Å². The highest BCUT2D eigenvalue weighted by Gasteiger charge is 2.46. The van der Waals surface area contributed by atoms with Gasteiger partial charge in [-0.1, -0.05) is 49.7 Å². The van der Waals surface area contributed by atoms with Crippen molar-refractivity contribution in [2.45, 2.75) is 39.8 Å². The lowest BCUT2D eigenvalue weighted by Crippen LogP contribution is -2.38. The van der Waals surface area contributed by atoms with E-state index in [1.54, 1.807) is 29.2 Å². The summed E-state index contributed by atoms with van der Waals surface area (Å²) in [4.78, 5) is 30.0. The number of rotatable bonds is 9. The lowest BCUT2D eigenvalue weighted by molar-refractivity contribution is -0.140. The molecule has 33 heavy (non-hydrogen) atoms. The predicted octanol–water partition coefficient (Wildman–Crippen LogP) is 4.89. The largest absolute Gasteiger partial charge is 0.507 e. The summed E-state index contributed by atoms with van der Waals surface area (Å²) in [6.45, 7) is 10.6. The Morgan fingerprint density at radius 3 is 2.45 bits per heavy atom. The molecule has 0 radical (unpaired) electrons. The molecule has 1 aliphatic rings. The molecule has 2 aromatic rings. The van der Waals surface area contributed by atoms with Crippen LogP contribution in [0.4, 0.5) is 0 Å². The van der Waals surface area contributed by atoms with Gasteiger partial charge >= 0.3 is 0 Å². The molecule has 6 nitrogen and oxygen atoms in total. The number of ether oxygens (including phenoxy) is 1. The molecule has 1 aliphatic heterocycles. The van der Waals surface area contributed by atoms with Crippen molar-refractivity contribution in [3.8, 4) is 5.75 Å². The summed E-state index contributed by atoms with van der Waals surface area (Å²) in [5, 5.41) is 11.6. The Labute approximate surface area is 200 Å². The molecule has 176 valence electrons. The maximum atomic E-state index is 13.2. The van der Waals surface area contributed by atoms with Crippen molar-refractivity contribution >= 4 is 29.1 Å². The van der Waals surface area contributed by atoms with Crippen LogP contribution < -0.4 is 4.74 Å². The number of hydrogen-bond donors (Lipinski definition) is 1. The second-order valence-corrected chi connectivity index (χ2v) is 8.71. The molecular weight excluding hydrogens is 440 g/mol. The van der Waals surface area contributed by atoms with Gasteiger partial charge in [-0.05, 0) is 56.8 Å². The van der Waals surface area contributed by atoms with Crippen LogP contribution >= 0.6 is 11.6 Å². The minimum Gasteiger partial charge on any atom is -0.507 e. The number of likely N-dealkylation sites (N-methyl/N-ethyl adjacent to an activating group) is 1. The van der Waals surface area contributed by atoms with Gasteiger partial charge in [0.05, 0.1) is 17.7 Å². The average molecular weight is 471 g/mol. The second-order valence-electron chi connectivity index (χ2n) is 8.27. The first-order chi connectivity index (χ1) is 15.8. The molecule has 1 amide bonds. The smallest absolute Gasteiger partial charge is 0.295 e. The molecule has 0 spiro atoms. The maximum absolute atomic E-state index is 13.2. The number of aliphatic hydroxyl groups excluding tert-OH is 1. The quantitative estimate of drug-likeness (QED) is 0.321. The first kappa shape index (κ1) is 24.8. The fourth-order valence-corrected chi connectivity index (χ4v) is 4.26. The standard InChI is InChI=1S/C26H31ClN2O4/c1-5-28(6-2)13-14-29-23(18-9-8-12-21(16-18)33-17(3)4)22(25(31)26(29)32)24(30)19-10-7-11-20(27)15-19/h7-12,15-17,23,30H,5-6,13-14H2,1-4H3/b24-22-. The van der Waals surface area contributed by atoms with Gasteiger partial charge in [0.15, 0.2) is 0 Å². The third-order valence-electron chi connectivity index (χ3n) is 5.74. The van der Waals surface area contributed by atoms with Crippen molar-refractivity contribution in [2.75, 3.05) is 26.2 Å². The van der Waals surface area contributed by atoms with Crippen LogP contribution in [0.25, 0.3) is 5.76 Å². The first-order valence-corrected chi connectivity index (χ1v) is 11.7. The zero-order valence-corrected chi connectivity index (χ0v) is 20.3. The fraction of sp³-hybridized carbons (Fsp3) is 0.385. The Morgan fingerprint density at radius 1 is 1.12 bits per heavy atom. The number of hydrogen-bond acceptors (Lipinski definition) is 5. The topological polar surface area (TPSA) is 70.1 Å². The highest BCUT2D eigenvalue weighted by atomic mass is 35.5. The molecule has 7 heteroatoms. The molecule has 1 unspecified atom stereocenters. The van der Waals surface area contributed by atoms with E-state index in [-0.39, 0.29) is 17.4 Å². The Morgan fingerprint density at radius 2 is 1.82 bits per heavy atom. The summed E-state index contributed by atoms with van der Waals surface area (Å²) in [5.41, 5.74) is 1.16. The maximum Gasteiger partial charge on any atom is 0.295 e. The average Bonchev–Trinajstić information content (AvgIpc) is 3.04. The van der Waals surface area contributed by atoms with E-state index in [1.807, 2.05) is 38.1 Å². The van der Waals surface area contributed by atoms with Gasteiger partial charge in [0.1, 0.15) is 11.5 Å². The van der Waals surface area contributed by atoms with Crippen LogP contribution in [-0.2, 0) is 9.59 Å². The van der Waals surface area contributed by atoms with E-state index in [4.69, 9.17) is 16.3 Å². The third-order valence-corrected chi connectivity index (χ3v) is 5.97. The fourth-order valence-electron chi connectivity index (χ4n) is 4.07. The predicted molar refractivity (Wildman–Crippen MR) is 130 cm³/mol. The number of carbonyl (C=O) groups excluding carboxylic acids is 2. The number of carbonyl (C=O) groups is 2. The Balaban J connectivity index is 2.12. The van der Waals surface area contributed by atoms with E-state index in [0.29, 0.717) is 35.0 Å². The molecule has 0 saturated carbocycles. The van der Waals surface area contributed by atoms with E-state index < -0.39 is 17.7 Å². The molecule has 0 bridgehead atoms. The van der Waals surface area contributed by atoms with Crippen molar-refractivity contribution in [1.82, 2.24) is 9.80 Å². The summed E-state index contributed by atoms with van der Waals surface area (Å²) >= 11 is 6.11. The number of likely N-dealkylation sites (tertiary alicyclic amines) is 1. The number of amides is 1. The number of ketones is 1. The lowest BCUT2D eigenvalue weighted by atomic mass is 9.95. The molecule has 1 saturated heterocycles. The summed E-state index contributed by atoms with van der Waals surface area (Å²) < 4.78 is 5.84. The summed E-state index contributed by atoms with van der Waals surface area (Å²) in [5.74, 6) is -0.918. The van der Waals surface area contributed by atoms with E-state index >= 15 is 0 Å². The van der Waals surface area contributed by atoms with E-state index in [2.05, 4.69) is 18.7 Å². The van der Waals surface area contributed by atoms with E-state index in [1.165, 1.54) is 0 Å². The van der Waals surface area contributed by atoms with Crippen molar-refractivity contribution in [3.05, 3.63) is 70.3 Å². The minimum atomic E-state index is -0.727. The zero-order valence-electron chi connectivity index (χ0n) is 19.5. The number of halogens is 1. The summed E-state index contributed by atoms with van der Waals surface area (Å²) in [7, 11) is 0. The molecule has 1 fully saturated rings. The number of Topliss-reactive ketones (excluding diaryl/α,β-unsaturated/α-hetero) is 1. The molecule has 1 atom stereocenters. The molecule has 1 heterocycles. The Kier molecular flexibility index (Phi) is 8.16. The van der Waals surface area contributed by atoms with Crippen molar-refractivity contribution in [1.29, 1.82) is 0 Å². The van der Waals surface area contributed by atoms with Gasteiger partial charge in [-0.25, -0.2) is 0 Å². The number of nitrogens with zero attached hydrogens (tertiary/aromatic N) is 2. The highest BCUT2D eigenvalue weighted by molar-refractivity contribution is 6.46. The van der Waals surface area contributed by atoms with Crippen LogP contribution in [0.15, 0.2) is 54.1 Å². The number of benzene rings is 2. The van der Waals surface area contributed by atoms with Gasteiger partial charge in [-0.3, -0.25) is 9.59 Å². The van der Waals surface area contributed by atoms with Gasteiger partial charge < -0.3 is 19.6 Å². The van der Waals surface area contributed by atoms with Gasteiger partial charge in [0.2, 0.25) is 0 Å². The van der Waals surface area contributed by atoms with Crippen molar-refractivity contribution in [2.24, 2.45) is 0 Å². The van der Waals surface area contributed by atoms with Crippen LogP contribution in [0.3, 0.4) is 0 Å². The van der Waals surface area contributed by atoms with Crippen LogP contribution in [0, 0.1) is 0 Å². The lowest BCUT2D eigenvalue weighted by Gasteiger charge is -2.28. The monoisotopic (exact) mass is 470 g/mol. The molecular formula is C26H31ClN2O4. The highest BCUT2D eigenvalue weighted by Crippen LogP contribution is 2.40. The summed E-state index contributed by atoms with van der Waals surface area (Å²) in [6, 6.07) is 13.2. The normalized spacial score (nSPS) is 17.9. The van der Waals surface area contributed by atoms with E-state index in [0.717, 1.165) is 13.1 Å². The van der Waals surface area contributed by atoms with Gasteiger partial charge in [0.25, 0.3) is 11.7 Å². The molecule has 1 N–H and O–H groups in total. The second kappa shape index (κ2) is 10.9. The zero-order chi connectivity index (χ0) is 24.1. The SMILES string of the molecule is CCN(CC)CCN1C(=O)C(=O)/C(=C(\O)c2cccc(Cl)c2)C1c1cccc(OC(C)C)c1. The Bertz CT molecular complexity index is 1050. The van der Waals surface area contributed by atoms with E-state index in [9.17, 15) is 14.7 Å². The van der Waals surface area contributed by atoms with Gasteiger partial charge in [-0.2, -0.15) is 0 Å². The van der Waals surface area contributed by atoms with Crippen LogP contribution in [0.5, 0.6) is 5.75 Å². The van der Waals surface area contributed by atoms with Crippen molar-refractivity contribution in [3.63, 3.8) is 0 Å². The summed E-state index contributed by atoms with van der Waals surface area (Å²) in [6.07, 6.45) is -0.0271.